The lowest BCUT2D eigenvalue weighted by atomic mass is 10.0. The van der Waals surface area contributed by atoms with Crippen LogP contribution >= 0.6 is 23.3 Å². The minimum atomic E-state index is -1.02. The number of imidazole rings is 1. The monoisotopic (exact) mass is 792 g/mol. The zero-order valence-electron chi connectivity index (χ0n) is 31.2. The summed E-state index contributed by atoms with van der Waals surface area (Å²) in [5, 5.41) is 8.58. The Labute approximate surface area is 325 Å². The fourth-order valence-corrected chi connectivity index (χ4v) is 7.77. The summed E-state index contributed by atoms with van der Waals surface area (Å²) in [5.74, 6) is -1.06. The third kappa shape index (κ3) is 8.88. The summed E-state index contributed by atoms with van der Waals surface area (Å²) in [6, 6.07) is 9.98. The van der Waals surface area contributed by atoms with Crippen molar-refractivity contribution in [2.24, 2.45) is 5.16 Å². The van der Waals surface area contributed by atoms with Crippen LogP contribution < -0.4 is 19.9 Å². The SMILES string of the molecule is CCCn1c[n+](CC2=C(C(=O)OCc3ccc(OC)cc3)N3C(=O)C(NC(=O)/C(=N\OCC)c4nsc(NC(=O)OC(C)(C)C)n4)C3SC2)c2ncccc21. The van der Waals surface area contributed by atoms with Gasteiger partial charge in [-0.05, 0) is 63.9 Å². The van der Waals surface area contributed by atoms with Crippen LogP contribution in [0.3, 0.4) is 0 Å². The second kappa shape index (κ2) is 16.8. The Balaban J connectivity index is 1.24. The van der Waals surface area contributed by atoms with Crippen LogP contribution in [0.2, 0.25) is 0 Å². The number of rotatable bonds is 14. The molecule has 4 aromatic rings. The smallest absolute Gasteiger partial charge is 0.414 e. The Morgan fingerprint density at radius 3 is 2.62 bits per heavy atom. The topological polar surface area (TPSA) is 192 Å². The van der Waals surface area contributed by atoms with E-state index in [0.29, 0.717) is 17.1 Å². The third-order valence-electron chi connectivity index (χ3n) is 8.25. The lowest BCUT2D eigenvalue weighted by Gasteiger charge is -2.49. The van der Waals surface area contributed by atoms with E-state index in [1.165, 1.54) is 16.7 Å². The first-order valence-corrected chi connectivity index (χ1v) is 19.4. The first kappa shape index (κ1) is 39.1. The Kier molecular flexibility index (Phi) is 12.0. The van der Waals surface area contributed by atoms with Crippen LogP contribution in [0.25, 0.3) is 11.2 Å². The van der Waals surface area contributed by atoms with Crippen LogP contribution in [0.15, 0.2) is 65.3 Å². The van der Waals surface area contributed by atoms with E-state index in [0.717, 1.165) is 41.2 Å². The Bertz CT molecular complexity index is 2140. The van der Waals surface area contributed by atoms with Gasteiger partial charge in [0.15, 0.2) is 11.8 Å². The molecule has 0 radical (unpaired) electrons. The van der Waals surface area contributed by atoms with Crippen LogP contribution in [-0.2, 0) is 48.4 Å². The number of oxime groups is 1. The molecule has 55 heavy (non-hydrogen) atoms. The molecule has 0 spiro atoms. The van der Waals surface area contributed by atoms with Gasteiger partial charge in [-0.1, -0.05) is 24.2 Å². The van der Waals surface area contributed by atoms with Gasteiger partial charge in [-0.25, -0.2) is 14.2 Å². The number of methoxy groups -OCH3 is 1. The molecule has 0 aliphatic carbocycles. The summed E-state index contributed by atoms with van der Waals surface area (Å²) >= 11 is 2.22. The number of nitrogens with zero attached hydrogens (tertiary/aromatic N) is 7. The van der Waals surface area contributed by atoms with E-state index in [2.05, 4.69) is 41.6 Å². The zero-order chi connectivity index (χ0) is 39.3. The molecule has 2 aliphatic rings. The van der Waals surface area contributed by atoms with Crippen molar-refractivity contribution in [2.45, 2.75) is 77.8 Å². The number of aromatic nitrogens is 5. The van der Waals surface area contributed by atoms with E-state index < -0.39 is 40.9 Å². The van der Waals surface area contributed by atoms with Crippen molar-refractivity contribution in [2.75, 3.05) is 24.8 Å². The number of thioether (sulfide) groups is 1. The van der Waals surface area contributed by atoms with Gasteiger partial charge in [0.05, 0.1) is 20.2 Å². The average Bonchev–Trinajstić information content (AvgIpc) is 3.76. The molecule has 1 aromatic carbocycles. The fraction of sp³-hybridized carbons (Fsp3) is 0.417. The minimum absolute atomic E-state index is 0.0349. The van der Waals surface area contributed by atoms with Crippen molar-refractivity contribution in [3.05, 3.63) is 71.6 Å². The second-order valence-corrected chi connectivity index (χ2v) is 15.3. The van der Waals surface area contributed by atoms with Crippen molar-refractivity contribution >= 4 is 69.2 Å². The zero-order valence-corrected chi connectivity index (χ0v) is 32.9. The standard InChI is InChI=1S/C36H41N9O8S2/c1-7-16-43-20-44(29-24(43)10-9-15-37-29)17-22-19-54-32-26(31(47)45(32)27(22)33(48)51-18-21-11-13-23(50-6)14-12-21)38-30(46)25(41-52-8-2)28-39-34(55-42-28)40-35(49)53-36(3,4)5/h9-15,20,26,32H,7-8,16-19H2,1-6H3,(H-,38,39,40,42,46,49)/p+1/b41-25-. The molecule has 5 heterocycles. The van der Waals surface area contributed by atoms with Gasteiger partial charge in [0.2, 0.25) is 16.7 Å². The number of nitrogens with one attached hydrogen (secondary N) is 2. The van der Waals surface area contributed by atoms with Gasteiger partial charge in [-0.15, -0.1) is 16.7 Å². The molecule has 6 rings (SSSR count). The summed E-state index contributed by atoms with van der Waals surface area (Å²) < 4.78 is 24.6. The van der Waals surface area contributed by atoms with Gasteiger partial charge in [0, 0.05) is 22.9 Å². The molecular formula is C36H42N9O8S2+. The number of anilines is 1. The number of ether oxygens (including phenoxy) is 3. The summed E-state index contributed by atoms with van der Waals surface area (Å²) in [7, 11) is 1.57. The van der Waals surface area contributed by atoms with Gasteiger partial charge in [0.25, 0.3) is 11.8 Å². The molecule has 19 heteroatoms. The molecule has 3 amide bonds. The Hall–Kier alpha value is -5.56. The molecule has 2 aliphatic heterocycles. The average molecular weight is 793 g/mol. The summed E-state index contributed by atoms with van der Waals surface area (Å²) in [6.07, 6.45) is 3.85. The third-order valence-corrected chi connectivity index (χ3v) is 10.2. The molecule has 2 N–H and O–H groups in total. The molecule has 290 valence electrons. The van der Waals surface area contributed by atoms with Crippen LogP contribution in [0.1, 0.15) is 52.4 Å². The molecule has 1 saturated heterocycles. The molecule has 2 unspecified atom stereocenters. The highest BCUT2D eigenvalue weighted by molar-refractivity contribution is 8.00. The van der Waals surface area contributed by atoms with E-state index in [1.54, 1.807) is 65.3 Å². The van der Waals surface area contributed by atoms with E-state index in [1.807, 2.05) is 23.0 Å². The van der Waals surface area contributed by atoms with Gasteiger partial charge < -0.3 is 24.4 Å². The van der Waals surface area contributed by atoms with Crippen LogP contribution in [0.4, 0.5) is 9.93 Å². The van der Waals surface area contributed by atoms with Crippen LogP contribution in [0, 0.1) is 0 Å². The largest absolute Gasteiger partial charge is 0.497 e. The normalized spacial score (nSPS) is 17.0. The highest BCUT2D eigenvalue weighted by Crippen LogP contribution is 2.41. The maximum Gasteiger partial charge on any atom is 0.414 e. The number of pyridine rings is 1. The van der Waals surface area contributed by atoms with Crippen LogP contribution in [0.5, 0.6) is 5.75 Å². The number of carbonyl (C=O) groups excluding carboxylic acids is 4. The van der Waals surface area contributed by atoms with Gasteiger partial charge >= 0.3 is 17.7 Å². The maximum absolute atomic E-state index is 14.0. The molecule has 3 aromatic heterocycles. The second-order valence-electron chi connectivity index (χ2n) is 13.4. The first-order valence-electron chi connectivity index (χ1n) is 17.6. The number of benzene rings is 1. The van der Waals surface area contributed by atoms with Gasteiger partial charge in [0.1, 0.15) is 47.9 Å². The number of fused-ring (bicyclic) bond motifs is 2. The van der Waals surface area contributed by atoms with Crippen molar-refractivity contribution in [1.29, 1.82) is 0 Å². The van der Waals surface area contributed by atoms with E-state index >= 15 is 0 Å². The van der Waals surface area contributed by atoms with Crippen molar-refractivity contribution in [3.63, 3.8) is 0 Å². The molecule has 1 fully saturated rings. The fourth-order valence-electron chi connectivity index (χ4n) is 5.88. The number of β-lactam (4-membered cyclic amide) rings is 1. The molecule has 2 atom stereocenters. The lowest BCUT2D eigenvalue weighted by Crippen LogP contribution is -2.71. The van der Waals surface area contributed by atoms with Crippen molar-refractivity contribution < 1.29 is 42.8 Å². The van der Waals surface area contributed by atoms with Crippen LogP contribution in [-0.4, -0.2) is 89.9 Å². The maximum atomic E-state index is 14.0. The number of hydrogen-bond donors (Lipinski definition) is 2. The predicted octanol–water partition coefficient (Wildman–Crippen LogP) is 3.78. The molecule has 17 nitrogen and oxygen atoms in total. The summed E-state index contributed by atoms with van der Waals surface area (Å²) in [4.78, 5) is 69.3. The molecular weight excluding hydrogens is 751 g/mol. The highest BCUT2D eigenvalue weighted by Gasteiger charge is 2.55. The Morgan fingerprint density at radius 1 is 1.13 bits per heavy atom. The number of aryl methyl sites for hydroxylation is 1. The molecule has 0 bridgehead atoms. The number of hydrogen-bond acceptors (Lipinski definition) is 14. The van der Waals surface area contributed by atoms with Gasteiger partial charge in [-0.2, -0.15) is 9.36 Å². The van der Waals surface area contributed by atoms with E-state index in [-0.39, 0.29) is 42.1 Å². The van der Waals surface area contributed by atoms with E-state index in [9.17, 15) is 19.2 Å². The predicted molar refractivity (Wildman–Crippen MR) is 203 cm³/mol. The summed E-state index contributed by atoms with van der Waals surface area (Å²) in [6.45, 7) is 10.1. The Morgan fingerprint density at radius 2 is 1.91 bits per heavy atom. The minimum Gasteiger partial charge on any atom is -0.497 e. The number of amides is 3. The number of esters is 1. The van der Waals surface area contributed by atoms with Crippen molar-refractivity contribution in [3.8, 4) is 5.75 Å². The molecule has 0 saturated carbocycles. The number of carbonyl (C=O) groups is 4. The lowest BCUT2D eigenvalue weighted by molar-refractivity contribution is -0.665. The highest BCUT2D eigenvalue weighted by atomic mass is 32.2. The first-order chi connectivity index (χ1) is 26.4. The van der Waals surface area contributed by atoms with E-state index in [4.69, 9.17) is 19.0 Å². The van der Waals surface area contributed by atoms with Gasteiger partial charge in [-0.3, -0.25) is 24.4 Å². The summed E-state index contributed by atoms with van der Waals surface area (Å²) in [5.41, 5.74) is 2.17. The quantitative estimate of drug-likeness (QED) is 0.0619. The van der Waals surface area contributed by atoms with Crippen molar-refractivity contribution in [1.82, 2.24) is 29.1 Å².